The van der Waals surface area contributed by atoms with Crippen LogP contribution >= 0.6 is 0 Å². The Balaban J connectivity index is 1.89. The molecule has 0 radical (unpaired) electrons. The quantitative estimate of drug-likeness (QED) is 0.858. The van der Waals surface area contributed by atoms with Crippen LogP contribution in [0.15, 0.2) is 29.3 Å². The van der Waals surface area contributed by atoms with Gasteiger partial charge in [0.25, 0.3) is 0 Å². The minimum Gasteiger partial charge on any atom is -0.465 e. The van der Waals surface area contributed by atoms with E-state index in [0.717, 1.165) is 29.9 Å². The van der Waals surface area contributed by atoms with Crippen molar-refractivity contribution >= 4 is 22.6 Å². The topological polar surface area (TPSA) is 54.4 Å². The molecule has 1 aliphatic rings. The molecule has 1 aromatic heterocycles. The van der Waals surface area contributed by atoms with E-state index in [1.807, 2.05) is 6.07 Å². The number of nitrogens with zero attached hydrogens (tertiary/aromatic N) is 1. The van der Waals surface area contributed by atoms with Crippen LogP contribution < -0.4 is 0 Å². The molecule has 0 amide bonds. The lowest BCUT2D eigenvalue weighted by Gasteiger charge is -2.13. The summed E-state index contributed by atoms with van der Waals surface area (Å²) in [6.45, 7) is 2.63. The summed E-state index contributed by atoms with van der Waals surface area (Å²) in [5, 5.41) is 1.28. The number of hydrogen-bond acceptors (Lipinski definition) is 3. The number of rotatable bonds is 3. The predicted molar refractivity (Wildman–Crippen MR) is 74.7 cm³/mol. The van der Waals surface area contributed by atoms with E-state index >= 15 is 0 Å². The summed E-state index contributed by atoms with van der Waals surface area (Å²) < 4.78 is 5.00. The summed E-state index contributed by atoms with van der Waals surface area (Å²) in [4.78, 5) is 18.8. The van der Waals surface area contributed by atoms with Gasteiger partial charge in [0.05, 0.1) is 18.0 Å². The van der Waals surface area contributed by atoms with Crippen LogP contribution in [0.25, 0.3) is 10.9 Å². The van der Waals surface area contributed by atoms with Crippen LogP contribution in [-0.2, 0) is 16.0 Å². The molecule has 0 atom stereocenters. The third-order valence-corrected chi connectivity index (χ3v) is 3.41. The number of nitrogens with one attached hydrogen (secondary N) is 1. The standard InChI is InChI=1S/C15H16N2O2/c1-10(18)19-9-7-14-15-12(6-8-16-14)11-4-2-3-5-13(11)17-15/h2-5,17H,6-9H2,1H3. The van der Waals surface area contributed by atoms with Crippen LogP contribution in [0.3, 0.4) is 0 Å². The molecule has 0 spiro atoms. The Kier molecular flexibility index (Phi) is 3.07. The molecule has 98 valence electrons. The van der Waals surface area contributed by atoms with E-state index in [4.69, 9.17) is 4.74 Å². The zero-order valence-corrected chi connectivity index (χ0v) is 10.9. The lowest BCUT2D eigenvalue weighted by molar-refractivity contribution is -0.140. The van der Waals surface area contributed by atoms with Crippen molar-refractivity contribution in [2.75, 3.05) is 13.2 Å². The Morgan fingerprint density at radius 3 is 3.11 bits per heavy atom. The van der Waals surface area contributed by atoms with Crippen LogP contribution in [0.2, 0.25) is 0 Å². The summed E-state index contributed by atoms with van der Waals surface area (Å²) in [5.74, 6) is -0.242. The molecule has 2 aromatic rings. The molecule has 1 aromatic carbocycles. The number of aromatic nitrogens is 1. The van der Waals surface area contributed by atoms with Crippen molar-refractivity contribution in [3.8, 4) is 0 Å². The SMILES string of the molecule is CC(=O)OCCC1=NCCc2c1[nH]c1ccccc21. The smallest absolute Gasteiger partial charge is 0.302 e. The molecule has 0 saturated carbocycles. The van der Waals surface area contributed by atoms with E-state index in [9.17, 15) is 4.79 Å². The van der Waals surface area contributed by atoms with Crippen molar-refractivity contribution in [3.63, 3.8) is 0 Å². The molecule has 4 nitrogen and oxygen atoms in total. The van der Waals surface area contributed by atoms with E-state index < -0.39 is 0 Å². The summed E-state index contributed by atoms with van der Waals surface area (Å²) in [7, 11) is 0. The highest BCUT2D eigenvalue weighted by atomic mass is 16.5. The molecule has 0 fully saturated rings. The van der Waals surface area contributed by atoms with E-state index in [2.05, 4.69) is 28.2 Å². The fourth-order valence-electron chi connectivity index (χ4n) is 2.58. The van der Waals surface area contributed by atoms with Gasteiger partial charge in [-0.3, -0.25) is 9.79 Å². The number of H-pyrrole nitrogens is 1. The van der Waals surface area contributed by atoms with Gasteiger partial charge in [-0.25, -0.2) is 0 Å². The molecule has 19 heavy (non-hydrogen) atoms. The summed E-state index contributed by atoms with van der Waals surface area (Å²) >= 11 is 0. The minimum atomic E-state index is -0.242. The molecule has 0 unspecified atom stereocenters. The molecule has 1 N–H and O–H groups in total. The largest absolute Gasteiger partial charge is 0.465 e. The molecule has 0 aliphatic carbocycles. The van der Waals surface area contributed by atoms with E-state index in [1.165, 1.54) is 17.9 Å². The molecule has 0 bridgehead atoms. The zero-order valence-electron chi connectivity index (χ0n) is 10.9. The normalized spacial score (nSPS) is 14.1. The van der Waals surface area contributed by atoms with Gasteiger partial charge < -0.3 is 9.72 Å². The number of carbonyl (C=O) groups excluding carboxylic acids is 1. The highest BCUT2D eigenvalue weighted by Gasteiger charge is 2.19. The number of ether oxygens (including phenoxy) is 1. The first-order chi connectivity index (χ1) is 9.25. The second-order valence-electron chi connectivity index (χ2n) is 4.69. The number of aromatic amines is 1. The lowest BCUT2D eigenvalue weighted by Crippen LogP contribution is -2.15. The van der Waals surface area contributed by atoms with Gasteiger partial charge in [0.2, 0.25) is 0 Å². The minimum absolute atomic E-state index is 0.242. The summed E-state index contributed by atoms with van der Waals surface area (Å²) in [5.41, 5.74) is 4.61. The van der Waals surface area contributed by atoms with E-state index in [-0.39, 0.29) is 5.97 Å². The van der Waals surface area contributed by atoms with Gasteiger partial charge in [-0.05, 0) is 18.1 Å². The van der Waals surface area contributed by atoms with Gasteiger partial charge in [0.15, 0.2) is 0 Å². The molecular weight excluding hydrogens is 240 g/mol. The predicted octanol–water partition coefficient (Wildman–Crippen LogP) is 2.47. The Hall–Kier alpha value is -2.10. The van der Waals surface area contributed by atoms with Crippen molar-refractivity contribution in [2.45, 2.75) is 19.8 Å². The number of hydrogen-bond donors (Lipinski definition) is 1. The number of carbonyl (C=O) groups is 1. The first-order valence-electron chi connectivity index (χ1n) is 6.52. The highest BCUT2D eigenvalue weighted by molar-refractivity contribution is 6.06. The van der Waals surface area contributed by atoms with Gasteiger partial charge >= 0.3 is 5.97 Å². The molecule has 4 heteroatoms. The summed E-state index contributed by atoms with van der Waals surface area (Å²) in [6, 6.07) is 8.30. The van der Waals surface area contributed by atoms with E-state index in [1.54, 1.807) is 0 Å². The Morgan fingerprint density at radius 1 is 1.42 bits per heavy atom. The highest BCUT2D eigenvalue weighted by Crippen LogP contribution is 2.26. The van der Waals surface area contributed by atoms with Gasteiger partial charge in [0, 0.05) is 30.8 Å². The third kappa shape index (κ3) is 2.26. The lowest BCUT2D eigenvalue weighted by atomic mass is 10.0. The van der Waals surface area contributed by atoms with Gasteiger partial charge in [-0.1, -0.05) is 18.2 Å². The number of para-hydroxylation sites is 1. The van der Waals surface area contributed by atoms with Crippen molar-refractivity contribution < 1.29 is 9.53 Å². The van der Waals surface area contributed by atoms with Crippen molar-refractivity contribution in [2.24, 2.45) is 4.99 Å². The molecular formula is C15H16N2O2. The van der Waals surface area contributed by atoms with Gasteiger partial charge in [-0.2, -0.15) is 0 Å². The number of esters is 1. The Labute approximate surface area is 111 Å². The van der Waals surface area contributed by atoms with Crippen LogP contribution in [0.1, 0.15) is 24.6 Å². The van der Waals surface area contributed by atoms with Crippen LogP contribution in [0.4, 0.5) is 0 Å². The fraction of sp³-hybridized carbons (Fsp3) is 0.333. The average Bonchev–Trinajstić information content (AvgIpc) is 2.78. The third-order valence-electron chi connectivity index (χ3n) is 3.41. The fourth-order valence-corrected chi connectivity index (χ4v) is 2.58. The maximum absolute atomic E-state index is 10.8. The van der Waals surface area contributed by atoms with Crippen molar-refractivity contribution in [1.82, 2.24) is 4.98 Å². The van der Waals surface area contributed by atoms with Crippen molar-refractivity contribution in [1.29, 1.82) is 0 Å². The molecule has 2 heterocycles. The Bertz CT molecular complexity index is 655. The first kappa shape index (κ1) is 12.0. The second-order valence-corrected chi connectivity index (χ2v) is 4.69. The number of aliphatic imine (C=N–C) groups is 1. The maximum atomic E-state index is 10.8. The van der Waals surface area contributed by atoms with Gasteiger partial charge in [-0.15, -0.1) is 0 Å². The molecule has 3 rings (SSSR count). The zero-order chi connectivity index (χ0) is 13.2. The number of fused-ring (bicyclic) bond motifs is 3. The van der Waals surface area contributed by atoms with E-state index in [0.29, 0.717) is 13.0 Å². The van der Waals surface area contributed by atoms with Gasteiger partial charge in [0.1, 0.15) is 0 Å². The monoisotopic (exact) mass is 256 g/mol. The van der Waals surface area contributed by atoms with Crippen LogP contribution in [0, 0.1) is 0 Å². The first-order valence-corrected chi connectivity index (χ1v) is 6.52. The Morgan fingerprint density at radius 2 is 2.26 bits per heavy atom. The summed E-state index contributed by atoms with van der Waals surface area (Å²) in [6.07, 6.45) is 1.63. The second kappa shape index (κ2) is 4.88. The average molecular weight is 256 g/mol. The molecule has 0 saturated heterocycles. The maximum Gasteiger partial charge on any atom is 0.302 e. The van der Waals surface area contributed by atoms with Crippen LogP contribution in [-0.4, -0.2) is 29.8 Å². The van der Waals surface area contributed by atoms with Crippen LogP contribution in [0.5, 0.6) is 0 Å². The molecule has 1 aliphatic heterocycles. The van der Waals surface area contributed by atoms with Crippen molar-refractivity contribution in [3.05, 3.63) is 35.5 Å². The number of benzene rings is 1.